The fourth-order valence-electron chi connectivity index (χ4n) is 5.42. The molecule has 7 rings (SSSR count). The third kappa shape index (κ3) is 10.0. The van der Waals surface area contributed by atoms with Crippen molar-refractivity contribution in [3.8, 4) is 34.5 Å². The molecule has 0 fully saturated rings. The molecule has 1 heterocycles. The second-order valence-corrected chi connectivity index (χ2v) is 18.7. The van der Waals surface area contributed by atoms with Gasteiger partial charge in [-0.3, -0.25) is 14.4 Å². The van der Waals surface area contributed by atoms with Crippen molar-refractivity contribution in [1.82, 2.24) is 0 Å². The van der Waals surface area contributed by atoms with E-state index in [1.54, 1.807) is 146 Å². The Labute approximate surface area is 347 Å². The van der Waals surface area contributed by atoms with E-state index >= 15 is 0 Å². The maximum absolute atomic E-state index is 12.5. The molecule has 0 aromatic heterocycles. The van der Waals surface area contributed by atoms with Gasteiger partial charge in [0.1, 0.15) is 34.5 Å². The quantitative estimate of drug-likeness (QED) is 0.0468. The van der Waals surface area contributed by atoms with E-state index in [1.165, 1.54) is 18.2 Å². The first-order valence-electron chi connectivity index (χ1n) is 18.2. The van der Waals surface area contributed by atoms with Crippen molar-refractivity contribution in [1.29, 1.82) is 0 Å². The van der Waals surface area contributed by atoms with E-state index in [1.807, 2.05) is 18.2 Å². The molecular weight excluding hydrogens is 819 g/mol. The van der Waals surface area contributed by atoms with Crippen LogP contribution in [0.25, 0.3) is 0 Å². The van der Waals surface area contributed by atoms with Gasteiger partial charge in [-0.15, -0.1) is 0 Å². The monoisotopic (exact) mass is 855 g/mol. The highest BCUT2D eigenvalue weighted by Gasteiger charge is 2.49. The van der Waals surface area contributed by atoms with Gasteiger partial charge >= 0.3 is 23.0 Å². The Hall–Kier alpha value is -6.96. The molecule has 0 spiro atoms. The topological polar surface area (TPSA) is 144 Å². The minimum absolute atomic E-state index is 0.212. The van der Waals surface area contributed by atoms with E-state index in [2.05, 4.69) is 19.7 Å². The second-order valence-electron chi connectivity index (χ2n) is 12.5. The van der Waals surface area contributed by atoms with E-state index in [-0.39, 0.29) is 34.6 Å². The van der Waals surface area contributed by atoms with Crippen LogP contribution in [0.2, 0.25) is 0 Å². The molecule has 60 heavy (non-hydrogen) atoms. The highest BCUT2D eigenvalue weighted by atomic mass is 31.3. The Kier molecular flexibility index (Phi) is 12.6. The first-order chi connectivity index (χ1) is 29.1. The molecular formula is C45H36N3O9P3. The van der Waals surface area contributed by atoms with E-state index in [4.69, 9.17) is 40.7 Å². The van der Waals surface area contributed by atoms with Crippen LogP contribution in [0, 0.1) is 0 Å². The molecule has 0 saturated heterocycles. The molecule has 0 atom stereocenters. The molecule has 6 aromatic carbocycles. The lowest BCUT2D eigenvalue weighted by molar-refractivity contribution is 0.103. The van der Waals surface area contributed by atoms with Gasteiger partial charge in [-0.1, -0.05) is 87.9 Å². The fraction of sp³-hybridized carbons (Fsp3) is 0. The first kappa shape index (κ1) is 41.2. The molecule has 1 aliphatic heterocycles. The number of para-hydroxylation sites is 3. The number of ketones is 3. The highest BCUT2D eigenvalue weighted by molar-refractivity contribution is 7.79. The summed E-state index contributed by atoms with van der Waals surface area (Å²) in [6.45, 7) is 10.8. The minimum Gasteiger partial charge on any atom is -0.413 e. The Morgan fingerprint density at radius 3 is 0.733 bits per heavy atom. The molecule has 1 aliphatic rings. The van der Waals surface area contributed by atoms with Gasteiger partial charge in [0.05, 0.1) is 0 Å². The second kappa shape index (κ2) is 18.3. The van der Waals surface area contributed by atoms with E-state index in [9.17, 15) is 14.4 Å². The van der Waals surface area contributed by atoms with Crippen LogP contribution in [0.15, 0.2) is 215 Å². The summed E-state index contributed by atoms with van der Waals surface area (Å²) in [6, 6.07) is 45.2. The minimum atomic E-state index is -4.22. The van der Waals surface area contributed by atoms with Crippen LogP contribution in [0.5, 0.6) is 34.5 Å². The van der Waals surface area contributed by atoms with Gasteiger partial charge in [0.25, 0.3) is 0 Å². The smallest absolute Gasteiger partial charge is 0.413 e. The van der Waals surface area contributed by atoms with Crippen molar-refractivity contribution < 1.29 is 41.5 Å². The largest absolute Gasteiger partial charge is 0.460 e. The molecule has 0 N–H and O–H groups in total. The molecule has 15 heteroatoms. The SMILES string of the molecule is C=CC(=O)c1ccc(OP2(Oc3ccccc3)=NP(Oc3ccccc3)(Oc3ccc(C(=O)C=C)cc3)=NP(Oc3ccccc3)(Oc3ccc(C(=O)C=C)cc3)=N2)cc1. The van der Waals surface area contributed by atoms with E-state index in [0.717, 1.165) is 0 Å². The lowest BCUT2D eigenvalue weighted by Crippen LogP contribution is -2.11. The number of hydrogen-bond acceptors (Lipinski definition) is 12. The Balaban J connectivity index is 1.54. The predicted octanol–water partition coefficient (Wildman–Crippen LogP) is 13.4. The van der Waals surface area contributed by atoms with Gasteiger partial charge in [-0.05, 0) is 127 Å². The third-order valence-corrected chi connectivity index (χ3v) is 16.3. The average molecular weight is 856 g/mol. The van der Waals surface area contributed by atoms with Crippen LogP contribution < -0.4 is 27.1 Å². The van der Waals surface area contributed by atoms with Crippen molar-refractivity contribution in [3.05, 3.63) is 218 Å². The zero-order valence-corrected chi connectivity index (χ0v) is 34.5. The van der Waals surface area contributed by atoms with Crippen molar-refractivity contribution in [2.45, 2.75) is 0 Å². The lowest BCUT2D eigenvalue weighted by Gasteiger charge is -2.33. The maximum atomic E-state index is 12.5. The summed E-state index contributed by atoms with van der Waals surface area (Å²) in [5.41, 5.74) is 1.11. The highest BCUT2D eigenvalue weighted by Crippen LogP contribution is 2.78. The number of nitrogens with zero attached hydrogens (tertiary/aromatic N) is 3. The van der Waals surface area contributed by atoms with Gasteiger partial charge < -0.3 is 27.1 Å². The van der Waals surface area contributed by atoms with E-state index < -0.39 is 23.0 Å². The van der Waals surface area contributed by atoms with Crippen LogP contribution in [-0.2, 0) is 0 Å². The Morgan fingerprint density at radius 1 is 0.333 bits per heavy atom. The Bertz CT molecular complexity index is 2410. The van der Waals surface area contributed by atoms with Gasteiger partial charge in [0.2, 0.25) is 0 Å². The summed E-state index contributed by atoms with van der Waals surface area (Å²) in [5, 5.41) is 0. The predicted molar refractivity (Wildman–Crippen MR) is 234 cm³/mol. The molecule has 0 aliphatic carbocycles. The van der Waals surface area contributed by atoms with Crippen molar-refractivity contribution in [3.63, 3.8) is 0 Å². The number of benzene rings is 6. The molecule has 12 nitrogen and oxygen atoms in total. The zero-order chi connectivity index (χ0) is 42.0. The normalized spacial score (nSPS) is 19.0. The standard InChI is InChI=1S/C45H36N3O9P3/c1-4-43(49)34-22-28-40(29-23-34)55-58(52-37-16-10-7-11-17-37)46-59(53-38-18-12-8-13-19-38,56-41-30-24-35(25-31-41)44(50)5-2)48-60(47-58,54-39-20-14-9-15-21-39)57-42-32-26-36(27-33-42)45(51)6-3/h4-33H,1-3H2. The molecule has 300 valence electrons. The summed E-state index contributed by atoms with van der Waals surface area (Å²) in [6.07, 6.45) is 3.64. The average Bonchev–Trinajstić information content (AvgIpc) is 3.27. The molecule has 6 aromatic rings. The van der Waals surface area contributed by atoms with Gasteiger partial charge in [0, 0.05) is 16.7 Å². The van der Waals surface area contributed by atoms with Crippen LogP contribution in [0.3, 0.4) is 0 Å². The summed E-state index contributed by atoms with van der Waals surface area (Å²) in [4.78, 5) is 37.5. The fourth-order valence-corrected chi connectivity index (χ4v) is 14.5. The maximum Gasteiger partial charge on any atom is 0.460 e. The number of allylic oxidation sites excluding steroid dienone is 3. The summed E-state index contributed by atoms with van der Waals surface area (Å²) in [7, 11) is -12.6. The molecule has 0 unspecified atom stereocenters. The molecule has 0 saturated carbocycles. The summed E-state index contributed by atoms with van der Waals surface area (Å²) < 4.78 is 56.1. The zero-order valence-electron chi connectivity index (χ0n) is 31.8. The van der Waals surface area contributed by atoms with Crippen molar-refractivity contribution >= 4 is 40.3 Å². The molecule has 0 radical (unpaired) electrons. The lowest BCUT2D eigenvalue weighted by atomic mass is 10.1. The summed E-state index contributed by atoms with van der Waals surface area (Å²) >= 11 is 0. The van der Waals surface area contributed by atoms with E-state index in [0.29, 0.717) is 33.9 Å². The van der Waals surface area contributed by atoms with Gasteiger partial charge in [0.15, 0.2) is 17.3 Å². The number of rotatable bonds is 18. The Morgan fingerprint density at radius 2 is 0.533 bits per heavy atom. The first-order valence-corrected chi connectivity index (χ1v) is 22.8. The van der Waals surface area contributed by atoms with Crippen molar-refractivity contribution in [2.24, 2.45) is 13.5 Å². The third-order valence-electron chi connectivity index (χ3n) is 8.23. The number of carbonyl (C=O) groups is 3. The van der Waals surface area contributed by atoms with Gasteiger partial charge in [-0.2, -0.15) is 0 Å². The summed E-state index contributed by atoms with van der Waals surface area (Å²) in [5.74, 6) is 0.713. The van der Waals surface area contributed by atoms with Crippen LogP contribution in [0.1, 0.15) is 31.1 Å². The van der Waals surface area contributed by atoms with Crippen molar-refractivity contribution in [2.75, 3.05) is 0 Å². The van der Waals surface area contributed by atoms with Crippen LogP contribution in [-0.4, -0.2) is 17.3 Å². The molecule has 0 bridgehead atoms. The number of hydrogen-bond donors (Lipinski definition) is 0. The van der Waals surface area contributed by atoms with Crippen LogP contribution in [0.4, 0.5) is 0 Å². The number of carbonyl (C=O) groups excluding carboxylic acids is 3. The van der Waals surface area contributed by atoms with Crippen LogP contribution >= 0.6 is 23.0 Å². The molecule has 0 amide bonds. The van der Waals surface area contributed by atoms with Gasteiger partial charge in [-0.25, -0.2) is 0 Å².